The van der Waals surface area contributed by atoms with E-state index >= 15 is 8.78 Å². The average molecular weight is 849 g/mol. The zero-order valence-electron chi connectivity index (χ0n) is 35.3. The number of thiophene rings is 1. The molecule has 4 aromatic rings. The van der Waals surface area contributed by atoms with Crippen LogP contribution in [0.15, 0.2) is 6.20 Å². The molecule has 2 bridgehead atoms. The van der Waals surface area contributed by atoms with Gasteiger partial charge >= 0.3 is 18.2 Å². The summed E-state index contributed by atoms with van der Waals surface area (Å²) < 4.78 is 62.9. The van der Waals surface area contributed by atoms with Crippen molar-refractivity contribution in [2.45, 2.75) is 122 Å². The summed E-state index contributed by atoms with van der Waals surface area (Å²) in [5, 5.41) is 13.6. The van der Waals surface area contributed by atoms with Crippen LogP contribution in [0.3, 0.4) is 0 Å². The standard InChI is InChI=1S/C42H50F2N8O7S/c1-20(28-12-23(55-9)17-50(28)8)57-38-47-34-31(36(48-38)52-21-10-11-22(52)16-51(15-21)40(54)59-42(5,6)7)26-19-56-18-25(26)29(32(34)44)33-30-24(13-45)37(49-39(53)58-41(2,3)4)60-35(30)27(43)14-46-33/h14,20-23,28H,10-12,15-19H2,1-9H3,(H,49,53)/t20?,21?,22?,23-,28+/m1/s1. The summed E-state index contributed by atoms with van der Waals surface area (Å²) >= 11 is 0.832. The second-order valence-electron chi connectivity index (χ2n) is 18.0. The lowest BCUT2D eigenvalue weighted by atomic mass is 9.93. The number of benzene rings is 1. The molecule has 3 saturated heterocycles. The number of carbonyl (C=O) groups is 2. The molecule has 2 amide bonds. The zero-order chi connectivity index (χ0) is 43.0. The zero-order valence-corrected chi connectivity index (χ0v) is 36.1. The molecule has 0 aliphatic carbocycles. The minimum atomic E-state index is -0.841. The van der Waals surface area contributed by atoms with E-state index in [0.717, 1.165) is 36.9 Å². The molecular formula is C42H50F2N8O7S. The third kappa shape index (κ3) is 7.65. The van der Waals surface area contributed by atoms with E-state index in [1.807, 2.05) is 34.7 Å². The van der Waals surface area contributed by atoms with Crippen LogP contribution in [0.25, 0.3) is 32.2 Å². The molecule has 15 nitrogen and oxygen atoms in total. The maximum absolute atomic E-state index is 17.9. The summed E-state index contributed by atoms with van der Waals surface area (Å²) in [4.78, 5) is 46.4. The molecule has 8 rings (SSSR count). The van der Waals surface area contributed by atoms with Crippen molar-refractivity contribution < 1.29 is 42.1 Å². The van der Waals surface area contributed by atoms with Gasteiger partial charge < -0.3 is 33.5 Å². The predicted molar refractivity (Wildman–Crippen MR) is 220 cm³/mol. The maximum atomic E-state index is 17.9. The fourth-order valence-electron chi connectivity index (χ4n) is 9.00. The highest BCUT2D eigenvalue weighted by Crippen LogP contribution is 2.49. The molecule has 7 heterocycles. The molecule has 320 valence electrons. The molecule has 1 aromatic carbocycles. The number of nitrogens with one attached hydrogen (secondary N) is 1. The van der Waals surface area contributed by atoms with Crippen molar-refractivity contribution in [3.8, 4) is 23.3 Å². The molecule has 18 heteroatoms. The number of piperazine rings is 1. The third-order valence-corrected chi connectivity index (χ3v) is 12.6. The first-order chi connectivity index (χ1) is 28.3. The van der Waals surface area contributed by atoms with E-state index in [4.69, 9.17) is 33.7 Å². The number of amides is 2. The Balaban J connectivity index is 1.29. The monoisotopic (exact) mass is 848 g/mol. The lowest BCUT2D eigenvalue weighted by Gasteiger charge is -2.42. The lowest BCUT2D eigenvalue weighted by Crippen LogP contribution is -2.56. The molecule has 4 aliphatic heterocycles. The Bertz CT molecular complexity index is 2410. The highest BCUT2D eigenvalue weighted by atomic mass is 32.1. The second-order valence-corrected chi connectivity index (χ2v) is 19.0. The molecule has 60 heavy (non-hydrogen) atoms. The summed E-state index contributed by atoms with van der Waals surface area (Å²) in [6, 6.07) is 1.68. The van der Waals surface area contributed by atoms with Gasteiger partial charge in [0.1, 0.15) is 39.7 Å². The first-order valence-electron chi connectivity index (χ1n) is 20.2. The largest absolute Gasteiger partial charge is 0.459 e. The van der Waals surface area contributed by atoms with Crippen molar-refractivity contribution in [1.29, 1.82) is 5.26 Å². The van der Waals surface area contributed by atoms with E-state index in [9.17, 15) is 14.9 Å². The molecule has 0 spiro atoms. The Morgan fingerprint density at radius 1 is 1.02 bits per heavy atom. The minimum absolute atomic E-state index is 0.00190. The number of likely N-dealkylation sites (N-methyl/N-ethyl adjacent to an activating group) is 1. The molecule has 4 aliphatic rings. The number of aromatic nitrogens is 3. The van der Waals surface area contributed by atoms with E-state index < -0.39 is 41.1 Å². The molecule has 0 radical (unpaired) electrons. The van der Waals surface area contributed by atoms with Crippen molar-refractivity contribution in [1.82, 2.24) is 24.8 Å². The Morgan fingerprint density at radius 3 is 2.33 bits per heavy atom. The van der Waals surface area contributed by atoms with E-state index in [-0.39, 0.29) is 80.9 Å². The van der Waals surface area contributed by atoms with Crippen LogP contribution in [0.4, 0.5) is 29.2 Å². The first kappa shape index (κ1) is 41.8. The third-order valence-electron chi connectivity index (χ3n) is 11.5. The number of fused-ring (bicyclic) bond motifs is 6. The number of methoxy groups -OCH3 is 1. The second kappa shape index (κ2) is 15.5. The predicted octanol–water partition coefficient (Wildman–Crippen LogP) is 7.51. The van der Waals surface area contributed by atoms with Gasteiger partial charge in [0.25, 0.3) is 0 Å². The number of carbonyl (C=O) groups excluding carboxylic acids is 2. The molecule has 1 N–H and O–H groups in total. The van der Waals surface area contributed by atoms with Crippen LogP contribution >= 0.6 is 11.3 Å². The summed E-state index contributed by atoms with van der Waals surface area (Å²) in [6.07, 6.45) is 1.60. The van der Waals surface area contributed by atoms with Crippen LogP contribution in [-0.4, -0.2) is 112 Å². The topological polar surface area (TPSA) is 165 Å². The van der Waals surface area contributed by atoms with Gasteiger partial charge in [-0.25, -0.2) is 18.4 Å². The van der Waals surface area contributed by atoms with E-state index in [1.165, 1.54) is 0 Å². The summed E-state index contributed by atoms with van der Waals surface area (Å²) in [5.41, 5.74) is -0.563. The van der Waals surface area contributed by atoms with Gasteiger partial charge in [-0.15, -0.1) is 11.3 Å². The minimum Gasteiger partial charge on any atom is -0.459 e. The maximum Gasteiger partial charge on any atom is 0.412 e. The summed E-state index contributed by atoms with van der Waals surface area (Å²) in [7, 11) is 3.68. The van der Waals surface area contributed by atoms with Crippen molar-refractivity contribution in [2.75, 3.05) is 44.0 Å². The van der Waals surface area contributed by atoms with Crippen LogP contribution in [-0.2, 0) is 32.2 Å². The molecule has 0 saturated carbocycles. The fraction of sp³-hybridized carbons (Fsp3) is 0.571. The van der Waals surface area contributed by atoms with Gasteiger partial charge in [0.15, 0.2) is 11.6 Å². The summed E-state index contributed by atoms with van der Waals surface area (Å²) in [6.45, 7) is 14.1. The first-order valence-corrected chi connectivity index (χ1v) is 21.0. The highest BCUT2D eigenvalue weighted by Gasteiger charge is 2.45. The number of ether oxygens (including phenoxy) is 5. The molecule has 3 aromatic heterocycles. The van der Waals surface area contributed by atoms with Crippen LogP contribution in [0, 0.1) is 23.0 Å². The van der Waals surface area contributed by atoms with E-state index in [0.29, 0.717) is 41.8 Å². The van der Waals surface area contributed by atoms with Crippen LogP contribution < -0.4 is 15.0 Å². The smallest absolute Gasteiger partial charge is 0.412 e. The number of anilines is 2. The lowest BCUT2D eigenvalue weighted by molar-refractivity contribution is 0.0209. The number of nitrogens with zero attached hydrogens (tertiary/aromatic N) is 7. The number of halogens is 2. The summed E-state index contributed by atoms with van der Waals surface area (Å²) in [5.74, 6) is -1.05. The highest BCUT2D eigenvalue weighted by molar-refractivity contribution is 7.23. The quantitative estimate of drug-likeness (QED) is 0.195. The number of likely N-dealkylation sites (tertiary alicyclic amines) is 2. The van der Waals surface area contributed by atoms with E-state index in [2.05, 4.69) is 26.2 Å². The Labute approximate surface area is 350 Å². The molecule has 3 fully saturated rings. The Hall–Kier alpha value is -4.96. The number of hydrogen-bond donors (Lipinski definition) is 1. The SMILES string of the molecule is CO[C@@H]1C[C@@H](C(C)Oc2nc(N3C4CCC3CN(C(=O)OC(C)(C)C)C4)c3c4c(c(-c5ncc(F)c6sc(NC(=O)OC(C)(C)C)c(C#N)c56)c(F)c3n2)COC4)N(C)C1. The van der Waals surface area contributed by atoms with Gasteiger partial charge in [-0.3, -0.25) is 15.2 Å². The number of rotatable bonds is 7. The molecule has 5 atom stereocenters. The van der Waals surface area contributed by atoms with Crippen molar-refractivity contribution in [3.05, 3.63) is 34.5 Å². The Morgan fingerprint density at radius 2 is 1.70 bits per heavy atom. The number of nitriles is 1. The van der Waals surface area contributed by atoms with Gasteiger partial charge in [0.05, 0.1) is 46.9 Å². The van der Waals surface area contributed by atoms with Crippen LogP contribution in [0.2, 0.25) is 0 Å². The van der Waals surface area contributed by atoms with Gasteiger partial charge in [0, 0.05) is 55.8 Å². The Kier molecular flexibility index (Phi) is 10.8. The normalized spacial score (nSPS) is 22.3. The fourth-order valence-corrected chi connectivity index (χ4v) is 10.0. The van der Waals surface area contributed by atoms with Crippen LogP contribution in [0.5, 0.6) is 6.01 Å². The van der Waals surface area contributed by atoms with Gasteiger partial charge in [0.2, 0.25) is 0 Å². The van der Waals surface area contributed by atoms with Gasteiger partial charge in [-0.1, -0.05) is 0 Å². The van der Waals surface area contributed by atoms with Crippen molar-refractivity contribution in [2.24, 2.45) is 0 Å². The van der Waals surface area contributed by atoms with Crippen molar-refractivity contribution in [3.63, 3.8) is 0 Å². The van der Waals surface area contributed by atoms with E-state index in [1.54, 1.807) is 32.8 Å². The molecule has 3 unspecified atom stereocenters. The van der Waals surface area contributed by atoms with Gasteiger partial charge in [-0.2, -0.15) is 15.2 Å². The molecular weight excluding hydrogens is 799 g/mol. The van der Waals surface area contributed by atoms with Gasteiger partial charge in [-0.05, 0) is 85.9 Å². The van der Waals surface area contributed by atoms with Crippen LogP contribution in [0.1, 0.15) is 84.4 Å². The van der Waals surface area contributed by atoms with Crippen molar-refractivity contribution >= 4 is 55.3 Å². The number of pyridine rings is 1. The average Bonchev–Trinajstić information content (AvgIpc) is 3.94. The number of hydrogen-bond acceptors (Lipinski definition) is 14.